The summed E-state index contributed by atoms with van der Waals surface area (Å²) in [7, 11) is 2.20. The summed E-state index contributed by atoms with van der Waals surface area (Å²) in [4.78, 5) is 18.9. The van der Waals surface area contributed by atoms with Crippen LogP contribution in [0, 0.1) is 5.92 Å². The standard InChI is InChI=1S/C16H31N3O2/c1-4-21-13-16(20)18-7-5-15(6-8-18)12-19-10-9-17(3)11-14(19)2/h14-15H,4-13H2,1-3H3. The van der Waals surface area contributed by atoms with Gasteiger partial charge in [0.05, 0.1) is 0 Å². The molecule has 0 saturated carbocycles. The molecule has 2 saturated heterocycles. The van der Waals surface area contributed by atoms with Crippen LogP contribution in [-0.2, 0) is 9.53 Å². The zero-order valence-corrected chi connectivity index (χ0v) is 13.9. The monoisotopic (exact) mass is 297 g/mol. The van der Waals surface area contributed by atoms with E-state index in [0.29, 0.717) is 12.6 Å². The summed E-state index contributed by atoms with van der Waals surface area (Å²) in [5.41, 5.74) is 0. The number of piperazine rings is 1. The molecule has 1 unspecified atom stereocenters. The van der Waals surface area contributed by atoms with Crippen LogP contribution in [0.2, 0.25) is 0 Å². The van der Waals surface area contributed by atoms with Gasteiger partial charge in [-0.05, 0) is 39.7 Å². The molecule has 5 nitrogen and oxygen atoms in total. The van der Waals surface area contributed by atoms with E-state index in [-0.39, 0.29) is 12.5 Å². The maximum atomic E-state index is 11.9. The van der Waals surface area contributed by atoms with E-state index < -0.39 is 0 Å². The number of carbonyl (C=O) groups is 1. The second-order valence-corrected chi connectivity index (χ2v) is 6.57. The van der Waals surface area contributed by atoms with Gasteiger partial charge in [0, 0.05) is 51.9 Å². The zero-order chi connectivity index (χ0) is 15.2. The normalized spacial score (nSPS) is 26.2. The number of likely N-dealkylation sites (tertiary alicyclic amines) is 1. The van der Waals surface area contributed by atoms with Crippen LogP contribution in [0.3, 0.4) is 0 Å². The van der Waals surface area contributed by atoms with Crippen LogP contribution in [0.1, 0.15) is 26.7 Å². The molecule has 21 heavy (non-hydrogen) atoms. The smallest absolute Gasteiger partial charge is 0.248 e. The molecule has 0 aromatic heterocycles. The largest absolute Gasteiger partial charge is 0.372 e. The van der Waals surface area contributed by atoms with Crippen molar-refractivity contribution in [1.82, 2.24) is 14.7 Å². The van der Waals surface area contributed by atoms with Crippen LogP contribution in [0.25, 0.3) is 0 Å². The molecule has 5 heteroatoms. The third-order valence-electron chi connectivity index (χ3n) is 4.86. The number of ether oxygens (including phenoxy) is 1. The maximum absolute atomic E-state index is 11.9. The minimum Gasteiger partial charge on any atom is -0.372 e. The highest BCUT2D eigenvalue weighted by molar-refractivity contribution is 5.77. The molecule has 0 radical (unpaired) electrons. The van der Waals surface area contributed by atoms with E-state index >= 15 is 0 Å². The molecule has 0 spiro atoms. The highest BCUT2D eigenvalue weighted by atomic mass is 16.5. The molecule has 2 fully saturated rings. The molecule has 1 atom stereocenters. The number of likely N-dealkylation sites (N-methyl/N-ethyl adjacent to an activating group) is 1. The fourth-order valence-electron chi connectivity index (χ4n) is 3.43. The molecule has 2 rings (SSSR count). The molecule has 0 aromatic carbocycles. The second kappa shape index (κ2) is 8.11. The highest BCUT2D eigenvalue weighted by Gasteiger charge is 2.27. The third-order valence-corrected chi connectivity index (χ3v) is 4.86. The number of hydrogen-bond donors (Lipinski definition) is 0. The van der Waals surface area contributed by atoms with Crippen molar-refractivity contribution in [2.45, 2.75) is 32.7 Å². The van der Waals surface area contributed by atoms with Crippen molar-refractivity contribution in [3.05, 3.63) is 0 Å². The first-order valence-corrected chi connectivity index (χ1v) is 8.38. The average Bonchev–Trinajstić information content (AvgIpc) is 2.48. The van der Waals surface area contributed by atoms with E-state index in [1.165, 1.54) is 26.2 Å². The summed E-state index contributed by atoms with van der Waals surface area (Å²) in [6.07, 6.45) is 2.27. The van der Waals surface area contributed by atoms with Crippen LogP contribution in [0.5, 0.6) is 0 Å². The summed E-state index contributed by atoms with van der Waals surface area (Å²) < 4.78 is 5.22. The molecular formula is C16H31N3O2. The topological polar surface area (TPSA) is 36.0 Å². The lowest BCUT2D eigenvalue weighted by Crippen LogP contribution is -2.52. The first-order chi connectivity index (χ1) is 10.1. The number of nitrogens with zero attached hydrogens (tertiary/aromatic N) is 3. The first kappa shape index (κ1) is 16.7. The summed E-state index contributed by atoms with van der Waals surface area (Å²) >= 11 is 0. The van der Waals surface area contributed by atoms with Crippen molar-refractivity contribution < 1.29 is 9.53 Å². The zero-order valence-electron chi connectivity index (χ0n) is 13.9. The number of hydrogen-bond acceptors (Lipinski definition) is 4. The Kier molecular flexibility index (Phi) is 6.45. The van der Waals surface area contributed by atoms with Crippen LogP contribution in [0.4, 0.5) is 0 Å². The van der Waals surface area contributed by atoms with Gasteiger partial charge in [0.2, 0.25) is 5.91 Å². The van der Waals surface area contributed by atoms with E-state index in [1.54, 1.807) is 0 Å². The van der Waals surface area contributed by atoms with Gasteiger partial charge in [0.15, 0.2) is 0 Å². The van der Waals surface area contributed by atoms with Crippen molar-refractivity contribution in [3.8, 4) is 0 Å². The van der Waals surface area contributed by atoms with Crippen molar-refractivity contribution >= 4 is 5.91 Å². The number of rotatable bonds is 5. The highest BCUT2D eigenvalue weighted by Crippen LogP contribution is 2.20. The second-order valence-electron chi connectivity index (χ2n) is 6.57. The van der Waals surface area contributed by atoms with Gasteiger partial charge in [-0.2, -0.15) is 0 Å². The third kappa shape index (κ3) is 4.94. The van der Waals surface area contributed by atoms with Gasteiger partial charge in [0.1, 0.15) is 6.61 Å². The quantitative estimate of drug-likeness (QED) is 0.755. The minimum atomic E-state index is 0.156. The minimum absolute atomic E-state index is 0.156. The van der Waals surface area contributed by atoms with Crippen molar-refractivity contribution in [1.29, 1.82) is 0 Å². The van der Waals surface area contributed by atoms with E-state index in [4.69, 9.17) is 4.74 Å². The van der Waals surface area contributed by atoms with E-state index in [2.05, 4.69) is 23.8 Å². The lowest BCUT2D eigenvalue weighted by atomic mass is 9.95. The Hall–Kier alpha value is -0.650. The maximum Gasteiger partial charge on any atom is 0.248 e. The van der Waals surface area contributed by atoms with E-state index in [0.717, 1.165) is 31.8 Å². The summed E-state index contributed by atoms with van der Waals surface area (Å²) in [6.45, 7) is 11.6. The van der Waals surface area contributed by atoms with Gasteiger partial charge in [-0.1, -0.05) is 0 Å². The molecule has 2 aliphatic heterocycles. The Labute approximate surface area is 129 Å². The summed E-state index contributed by atoms with van der Waals surface area (Å²) in [6, 6.07) is 0.654. The first-order valence-electron chi connectivity index (χ1n) is 8.38. The van der Waals surface area contributed by atoms with Gasteiger partial charge in [0.25, 0.3) is 0 Å². The van der Waals surface area contributed by atoms with Crippen LogP contribution >= 0.6 is 0 Å². The van der Waals surface area contributed by atoms with Crippen molar-refractivity contribution in [2.24, 2.45) is 5.92 Å². The molecule has 2 aliphatic rings. The Morgan fingerprint density at radius 3 is 2.52 bits per heavy atom. The molecule has 1 amide bonds. The van der Waals surface area contributed by atoms with Crippen LogP contribution < -0.4 is 0 Å². The molecule has 2 heterocycles. The van der Waals surface area contributed by atoms with Crippen molar-refractivity contribution in [2.75, 3.05) is 59.5 Å². The van der Waals surface area contributed by atoms with E-state index in [9.17, 15) is 4.79 Å². The predicted octanol–water partition coefficient (Wildman–Crippen LogP) is 0.897. The van der Waals surface area contributed by atoms with Gasteiger partial charge in [-0.25, -0.2) is 0 Å². The molecule has 0 aromatic rings. The van der Waals surface area contributed by atoms with Gasteiger partial charge >= 0.3 is 0 Å². The SMILES string of the molecule is CCOCC(=O)N1CCC(CN2CCN(C)CC2C)CC1. The van der Waals surface area contributed by atoms with Crippen LogP contribution in [0.15, 0.2) is 0 Å². The summed E-state index contributed by atoms with van der Waals surface area (Å²) in [5.74, 6) is 0.898. The van der Waals surface area contributed by atoms with Gasteiger partial charge < -0.3 is 14.5 Å². The number of amides is 1. The Balaban J connectivity index is 1.70. The van der Waals surface area contributed by atoms with E-state index in [1.807, 2.05) is 11.8 Å². The fraction of sp³-hybridized carbons (Fsp3) is 0.938. The van der Waals surface area contributed by atoms with Gasteiger partial charge in [-0.15, -0.1) is 0 Å². The Morgan fingerprint density at radius 1 is 1.19 bits per heavy atom. The van der Waals surface area contributed by atoms with Crippen LogP contribution in [-0.4, -0.2) is 86.2 Å². The lowest BCUT2D eigenvalue weighted by molar-refractivity contribution is -0.137. The molecule has 122 valence electrons. The lowest BCUT2D eigenvalue weighted by Gasteiger charge is -2.41. The predicted molar refractivity (Wildman–Crippen MR) is 84.3 cm³/mol. The molecule has 0 N–H and O–H groups in total. The fourth-order valence-corrected chi connectivity index (χ4v) is 3.43. The average molecular weight is 297 g/mol. The Bertz CT molecular complexity index is 329. The Morgan fingerprint density at radius 2 is 1.90 bits per heavy atom. The summed E-state index contributed by atoms with van der Waals surface area (Å²) in [5, 5.41) is 0. The number of carbonyl (C=O) groups excluding carboxylic acids is 1. The molecule has 0 aliphatic carbocycles. The van der Waals surface area contributed by atoms with Crippen molar-refractivity contribution in [3.63, 3.8) is 0 Å². The number of piperidine rings is 1. The van der Waals surface area contributed by atoms with Gasteiger partial charge in [-0.3, -0.25) is 9.69 Å². The molecular weight excluding hydrogens is 266 g/mol. The molecule has 0 bridgehead atoms.